The lowest BCUT2D eigenvalue weighted by Crippen LogP contribution is -2.42. The third kappa shape index (κ3) is 2.06. The second-order valence-corrected chi connectivity index (χ2v) is 4.89. The van der Waals surface area contributed by atoms with E-state index < -0.39 is 36.1 Å². The van der Waals surface area contributed by atoms with E-state index in [0.29, 0.717) is 0 Å². The Balaban J connectivity index is 2.15. The summed E-state index contributed by atoms with van der Waals surface area (Å²) < 4.78 is 6.90. The predicted molar refractivity (Wildman–Crippen MR) is 75.6 cm³/mol. The maximum absolute atomic E-state index is 11.7. The van der Waals surface area contributed by atoms with Crippen LogP contribution in [0, 0.1) is 18.3 Å². The summed E-state index contributed by atoms with van der Waals surface area (Å²) in [5.41, 5.74) is 6.52. The first kappa shape index (κ1) is 15.0. The summed E-state index contributed by atoms with van der Waals surface area (Å²) in [6.45, 7) is -0.770. The topological polar surface area (TPSA) is 162 Å². The first-order chi connectivity index (χ1) is 11.1. The van der Waals surface area contributed by atoms with Crippen molar-refractivity contribution in [2.45, 2.75) is 18.1 Å². The monoisotopic (exact) mass is 317 g/mol. The highest BCUT2D eigenvalue weighted by atomic mass is 16.6. The first-order valence-electron chi connectivity index (χ1n) is 6.47. The highest BCUT2D eigenvalue weighted by Crippen LogP contribution is 2.42. The predicted octanol–water partition coefficient (Wildman–Crippen LogP) is -0.742. The molecule has 11 nitrogen and oxygen atoms in total. The van der Waals surface area contributed by atoms with E-state index in [4.69, 9.17) is 16.7 Å². The molecule has 3 N–H and O–H groups in total. The van der Waals surface area contributed by atoms with Crippen molar-refractivity contribution in [1.29, 1.82) is 0 Å². The summed E-state index contributed by atoms with van der Waals surface area (Å²) in [6.07, 6.45) is 5.43. The SMILES string of the molecule is C#C[C@@H]1[C@H](n2cnc3c(=O)[nH]cnc32)O[C@@](CO)(N=[N+]=[N-])[C@H]1O. The number of aromatic nitrogens is 4. The number of hydrogen-bond donors (Lipinski definition) is 3. The zero-order valence-corrected chi connectivity index (χ0v) is 11.6. The molecule has 0 aliphatic carbocycles. The second kappa shape index (κ2) is 5.38. The van der Waals surface area contributed by atoms with E-state index in [1.54, 1.807) is 0 Å². The number of nitrogens with zero attached hydrogens (tertiary/aromatic N) is 6. The molecule has 118 valence electrons. The molecule has 3 rings (SSSR count). The van der Waals surface area contributed by atoms with E-state index in [-0.39, 0.29) is 11.2 Å². The number of aliphatic hydroxyl groups is 2. The van der Waals surface area contributed by atoms with Crippen LogP contribution in [0.3, 0.4) is 0 Å². The van der Waals surface area contributed by atoms with Gasteiger partial charge in [-0.1, -0.05) is 11.0 Å². The van der Waals surface area contributed by atoms with Gasteiger partial charge in [0.15, 0.2) is 23.1 Å². The summed E-state index contributed by atoms with van der Waals surface area (Å²) in [5.74, 6) is 1.39. The molecule has 1 aliphatic rings. The molecule has 4 atom stereocenters. The number of azide groups is 1. The molecule has 0 radical (unpaired) electrons. The highest BCUT2D eigenvalue weighted by Gasteiger charge is 2.54. The van der Waals surface area contributed by atoms with Crippen LogP contribution >= 0.6 is 0 Å². The van der Waals surface area contributed by atoms with Crippen LogP contribution in [0.25, 0.3) is 21.6 Å². The van der Waals surface area contributed by atoms with E-state index in [1.807, 2.05) is 0 Å². The number of aliphatic hydroxyl groups excluding tert-OH is 2. The van der Waals surface area contributed by atoms with E-state index in [9.17, 15) is 15.0 Å². The molecule has 0 spiro atoms. The normalized spacial score (nSPS) is 30.0. The van der Waals surface area contributed by atoms with Gasteiger partial charge in [0.05, 0.1) is 25.2 Å². The first-order valence-corrected chi connectivity index (χ1v) is 6.47. The molecule has 1 fully saturated rings. The Morgan fingerprint density at radius 1 is 1.65 bits per heavy atom. The number of fused-ring (bicyclic) bond motifs is 1. The van der Waals surface area contributed by atoms with Gasteiger partial charge in [0.2, 0.25) is 0 Å². The number of H-pyrrole nitrogens is 1. The third-order valence-electron chi connectivity index (χ3n) is 3.71. The Labute approximate surface area is 128 Å². The molecule has 0 aromatic carbocycles. The second-order valence-electron chi connectivity index (χ2n) is 4.89. The molecule has 0 bridgehead atoms. The van der Waals surface area contributed by atoms with Gasteiger partial charge in [-0.15, -0.1) is 6.42 Å². The van der Waals surface area contributed by atoms with Crippen LogP contribution in [-0.4, -0.2) is 48.2 Å². The van der Waals surface area contributed by atoms with Crippen molar-refractivity contribution in [3.05, 3.63) is 33.5 Å². The van der Waals surface area contributed by atoms with Crippen molar-refractivity contribution < 1.29 is 14.9 Å². The summed E-state index contributed by atoms with van der Waals surface area (Å²) in [5, 5.41) is 23.2. The molecule has 23 heavy (non-hydrogen) atoms. The van der Waals surface area contributed by atoms with Crippen LogP contribution in [0.5, 0.6) is 0 Å². The van der Waals surface area contributed by atoms with Gasteiger partial charge in [-0.25, -0.2) is 9.97 Å². The van der Waals surface area contributed by atoms with Crippen LogP contribution in [0.4, 0.5) is 0 Å². The number of terminal acetylenes is 1. The summed E-state index contributed by atoms with van der Waals surface area (Å²) >= 11 is 0. The quantitative estimate of drug-likeness (QED) is 0.292. The molecule has 0 saturated carbocycles. The van der Waals surface area contributed by atoms with Gasteiger partial charge in [0, 0.05) is 4.91 Å². The third-order valence-corrected chi connectivity index (χ3v) is 3.71. The van der Waals surface area contributed by atoms with Gasteiger partial charge in [0.1, 0.15) is 6.10 Å². The summed E-state index contributed by atoms with van der Waals surface area (Å²) in [4.78, 5) is 24.6. The van der Waals surface area contributed by atoms with Crippen molar-refractivity contribution in [3.8, 4) is 12.3 Å². The van der Waals surface area contributed by atoms with Crippen molar-refractivity contribution in [2.75, 3.05) is 6.61 Å². The Bertz CT molecular complexity index is 893. The van der Waals surface area contributed by atoms with Crippen molar-refractivity contribution >= 4 is 11.2 Å². The molecule has 2 aromatic rings. The lowest BCUT2D eigenvalue weighted by Gasteiger charge is -2.23. The maximum Gasteiger partial charge on any atom is 0.278 e. The van der Waals surface area contributed by atoms with Crippen LogP contribution in [0.2, 0.25) is 0 Å². The minimum absolute atomic E-state index is 0.0617. The fraction of sp³-hybridized carbons (Fsp3) is 0.417. The zero-order chi connectivity index (χ0) is 16.6. The minimum atomic E-state index is -1.92. The highest BCUT2D eigenvalue weighted by molar-refractivity contribution is 5.68. The fourth-order valence-corrected chi connectivity index (χ4v) is 2.56. The number of rotatable bonds is 3. The van der Waals surface area contributed by atoms with Gasteiger partial charge in [-0.3, -0.25) is 9.36 Å². The van der Waals surface area contributed by atoms with Crippen LogP contribution < -0.4 is 5.56 Å². The van der Waals surface area contributed by atoms with Crippen LogP contribution in [-0.2, 0) is 4.74 Å². The van der Waals surface area contributed by atoms with Gasteiger partial charge < -0.3 is 19.9 Å². The molecule has 0 amide bonds. The van der Waals surface area contributed by atoms with Crippen molar-refractivity contribution in [3.63, 3.8) is 0 Å². The fourth-order valence-electron chi connectivity index (χ4n) is 2.56. The number of nitrogens with one attached hydrogen (secondary N) is 1. The smallest absolute Gasteiger partial charge is 0.278 e. The number of aromatic amines is 1. The minimum Gasteiger partial charge on any atom is -0.393 e. The number of hydrogen-bond acceptors (Lipinski definition) is 7. The largest absolute Gasteiger partial charge is 0.393 e. The lowest BCUT2D eigenvalue weighted by atomic mass is 9.97. The Kier molecular flexibility index (Phi) is 3.51. The van der Waals surface area contributed by atoms with Gasteiger partial charge in [-0.2, -0.15) is 0 Å². The average molecular weight is 317 g/mol. The molecule has 1 aliphatic heterocycles. The molecular weight excluding hydrogens is 306 g/mol. The molecule has 11 heteroatoms. The zero-order valence-electron chi connectivity index (χ0n) is 11.6. The van der Waals surface area contributed by atoms with Crippen LogP contribution in [0.1, 0.15) is 6.23 Å². The molecular formula is C12H11N7O4. The standard InChI is InChI=1S/C12H11N7O4/c1-2-6-8(21)12(3-20,17-18-13)23-11(6)19-5-16-7-9(19)14-4-15-10(7)22/h1,4-6,8,11,20-21H,3H2,(H,14,15,22)/t6-,8-,11+,12+/m0/s1. The van der Waals surface area contributed by atoms with Crippen molar-refractivity contribution in [1.82, 2.24) is 19.5 Å². The van der Waals surface area contributed by atoms with Gasteiger partial charge in [0.25, 0.3) is 5.56 Å². The van der Waals surface area contributed by atoms with E-state index in [1.165, 1.54) is 17.2 Å². The molecule has 1 saturated heterocycles. The Hall–Kier alpha value is -2.90. The maximum atomic E-state index is 11.7. The molecule has 2 aromatic heterocycles. The van der Waals surface area contributed by atoms with E-state index in [2.05, 4.69) is 30.9 Å². The number of imidazole rings is 1. The summed E-state index contributed by atoms with van der Waals surface area (Å²) in [7, 11) is 0. The van der Waals surface area contributed by atoms with Crippen molar-refractivity contribution in [2.24, 2.45) is 11.0 Å². The Morgan fingerprint density at radius 2 is 2.43 bits per heavy atom. The lowest BCUT2D eigenvalue weighted by molar-refractivity contribution is -0.122. The van der Waals surface area contributed by atoms with E-state index in [0.717, 1.165) is 0 Å². The average Bonchev–Trinajstić information content (AvgIpc) is 3.09. The van der Waals surface area contributed by atoms with Crippen LogP contribution in [0.15, 0.2) is 22.6 Å². The Morgan fingerprint density at radius 3 is 3.09 bits per heavy atom. The summed E-state index contributed by atoms with van der Waals surface area (Å²) in [6, 6.07) is 0. The molecule has 3 heterocycles. The van der Waals surface area contributed by atoms with Gasteiger partial charge in [-0.05, 0) is 5.53 Å². The van der Waals surface area contributed by atoms with Gasteiger partial charge >= 0.3 is 0 Å². The number of ether oxygens (including phenoxy) is 1. The van der Waals surface area contributed by atoms with E-state index >= 15 is 0 Å². The molecule has 0 unspecified atom stereocenters.